The third-order valence-corrected chi connectivity index (χ3v) is 7.61. The number of aromatic nitrogens is 1. The molecular weight excluding hydrogens is 466 g/mol. The predicted octanol–water partition coefficient (Wildman–Crippen LogP) is 1.03. The molecule has 1 aromatic rings. The van der Waals surface area contributed by atoms with Crippen molar-refractivity contribution in [3.8, 4) is 0 Å². The van der Waals surface area contributed by atoms with E-state index in [4.69, 9.17) is 0 Å². The number of nitrogens with zero attached hydrogens (tertiary/aromatic N) is 5. The summed E-state index contributed by atoms with van der Waals surface area (Å²) in [5.74, 6) is -1.40. The highest BCUT2D eigenvalue weighted by atomic mass is 35.5. The van der Waals surface area contributed by atoms with Crippen molar-refractivity contribution in [2.75, 3.05) is 46.0 Å². The zero-order valence-electron chi connectivity index (χ0n) is 19.5. The molecule has 0 bridgehead atoms. The molecule has 0 radical (unpaired) electrons. The average Bonchev–Trinajstić information content (AvgIpc) is 3.25. The third kappa shape index (κ3) is 4.94. The van der Waals surface area contributed by atoms with Crippen LogP contribution in [0.5, 0.6) is 0 Å². The van der Waals surface area contributed by atoms with Crippen LogP contribution in [-0.4, -0.2) is 96.3 Å². The number of hydrogen-bond donors (Lipinski definition) is 0. The van der Waals surface area contributed by atoms with Gasteiger partial charge >= 0.3 is 0 Å². The van der Waals surface area contributed by atoms with Crippen molar-refractivity contribution < 1.29 is 18.0 Å². The Labute approximate surface area is 201 Å². The lowest BCUT2D eigenvalue weighted by Gasteiger charge is -2.32. The molecule has 33 heavy (non-hydrogen) atoms. The first-order chi connectivity index (χ1) is 15.1. The number of pyridine rings is 1. The molecule has 4 heterocycles. The number of carbonyl (C=O) groups excluding carboxylic acids is 2. The van der Waals surface area contributed by atoms with E-state index >= 15 is 0 Å². The maximum atomic E-state index is 13.3. The number of sulfonamides is 1. The molecule has 182 valence electrons. The zero-order valence-corrected chi connectivity index (χ0v) is 21.1. The summed E-state index contributed by atoms with van der Waals surface area (Å²) in [5, 5.41) is 0. The average molecular weight is 498 g/mol. The second-order valence-corrected chi connectivity index (χ2v) is 11.1. The van der Waals surface area contributed by atoms with Crippen LogP contribution in [0.25, 0.3) is 0 Å². The predicted molar refractivity (Wildman–Crippen MR) is 127 cm³/mol. The lowest BCUT2D eigenvalue weighted by molar-refractivity contribution is -0.128. The molecule has 1 aromatic heterocycles. The minimum atomic E-state index is -3.75. The number of likely N-dealkylation sites (N-methyl/N-ethyl adjacent to an activating group) is 1. The molecule has 0 spiro atoms. The fourth-order valence-corrected chi connectivity index (χ4v) is 5.84. The second kappa shape index (κ2) is 9.69. The molecule has 0 saturated carbocycles. The van der Waals surface area contributed by atoms with Gasteiger partial charge in [-0.15, -0.1) is 12.4 Å². The fourth-order valence-electron chi connectivity index (χ4n) is 4.82. The molecular formula is C22H32ClN5O4S. The standard InChI is InChI=1S/C22H31N5O4S.ClH/c1-15(2)19-20-18(27(22(19)29)32(4,30)31)7-8-26(20)21(28)16-5-6-17(23-13-16)14-25-11-9-24(3)10-12-25;/h5-7,13,15,19-20H,8-12,14H2,1-4H3;1H/t19-,20+;/m1./s1. The van der Waals surface area contributed by atoms with Gasteiger partial charge in [0, 0.05) is 45.5 Å². The third-order valence-electron chi connectivity index (χ3n) is 6.56. The van der Waals surface area contributed by atoms with E-state index in [-0.39, 0.29) is 30.8 Å². The number of hydrogen-bond acceptors (Lipinski definition) is 7. The number of rotatable bonds is 5. The Morgan fingerprint density at radius 3 is 2.39 bits per heavy atom. The number of fused-ring (bicyclic) bond motifs is 1. The summed E-state index contributed by atoms with van der Waals surface area (Å²) in [6.07, 6.45) is 4.29. The summed E-state index contributed by atoms with van der Waals surface area (Å²) < 4.78 is 25.4. The summed E-state index contributed by atoms with van der Waals surface area (Å²) in [6, 6.07) is 3.07. The quantitative estimate of drug-likeness (QED) is 0.599. The van der Waals surface area contributed by atoms with Crippen molar-refractivity contribution in [2.45, 2.75) is 26.4 Å². The number of piperazine rings is 1. The highest BCUT2D eigenvalue weighted by Gasteiger charge is 2.54. The lowest BCUT2D eigenvalue weighted by Crippen LogP contribution is -2.44. The van der Waals surface area contributed by atoms with E-state index in [1.54, 1.807) is 23.2 Å². The molecule has 2 fully saturated rings. The SMILES string of the molecule is CC(C)[C@H]1C(=O)N(S(C)(=O)=O)C2=CCN(C(=O)c3ccc(CN4CCN(C)CC4)nc3)[C@@H]21.Cl. The van der Waals surface area contributed by atoms with E-state index in [0.717, 1.165) is 49.0 Å². The number of amides is 2. The highest BCUT2D eigenvalue weighted by Crippen LogP contribution is 2.41. The van der Waals surface area contributed by atoms with Crippen molar-refractivity contribution in [3.63, 3.8) is 0 Å². The molecule has 2 atom stereocenters. The van der Waals surface area contributed by atoms with Crippen molar-refractivity contribution in [2.24, 2.45) is 11.8 Å². The van der Waals surface area contributed by atoms with Crippen LogP contribution in [0.15, 0.2) is 30.1 Å². The van der Waals surface area contributed by atoms with Gasteiger partial charge in [0.1, 0.15) is 0 Å². The van der Waals surface area contributed by atoms with E-state index in [2.05, 4.69) is 21.8 Å². The molecule has 2 amide bonds. The van der Waals surface area contributed by atoms with E-state index in [9.17, 15) is 18.0 Å². The highest BCUT2D eigenvalue weighted by molar-refractivity contribution is 7.89. The normalized spacial score (nSPS) is 24.2. The van der Waals surface area contributed by atoms with Gasteiger partial charge in [-0.1, -0.05) is 13.8 Å². The lowest BCUT2D eigenvalue weighted by atomic mass is 9.89. The minimum Gasteiger partial charge on any atom is -0.325 e. The molecule has 2 saturated heterocycles. The molecule has 4 rings (SSSR count). The van der Waals surface area contributed by atoms with Gasteiger partial charge in [-0.05, 0) is 31.2 Å². The van der Waals surface area contributed by atoms with Crippen molar-refractivity contribution in [1.29, 1.82) is 0 Å². The van der Waals surface area contributed by atoms with E-state index < -0.39 is 27.9 Å². The van der Waals surface area contributed by atoms with Gasteiger partial charge in [0.15, 0.2) is 0 Å². The van der Waals surface area contributed by atoms with Gasteiger partial charge in [0.05, 0.1) is 35.2 Å². The van der Waals surface area contributed by atoms with Crippen molar-refractivity contribution >= 4 is 34.2 Å². The molecule has 0 N–H and O–H groups in total. The van der Waals surface area contributed by atoms with Crippen LogP contribution in [0.1, 0.15) is 29.9 Å². The van der Waals surface area contributed by atoms with Crippen molar-refractivity contribution in [3.05, 3.63) is 41.4 Å². The van der Waals surface area contributed by atoms with Crippen LogP contribution in [0.3, 0.4) is 0 Å². The Morgan fingerprint density at radius 2 is 1.85 bits per heavy atom. The molecule has 9 nitrogen and oxygen atoms in total. The van der Waals surface area contributed by atoms with Crippen LogP contribution in [-0.2, 0) is 21.4 Å². The maximum absolute atomic E-state index is 13.3. The maximum Gasteiger partial charge on any atom is 0.256 e. The Hall–Kier alpha value is -2.01. The molecule has 3 aliphatic rings. The topological polar surface area (TPSA) is 94.1 Å². The summed E-state index contributed by atoms with van der Waals surface area (Å²) in [6.45, 7) is 8.81. The van der Waals surface area contributed by atoms with Gasteiger partial charge in [0.2, 0.25) is 15.9 Å². The Balaban J connectivity index is 0.00000306. The van der Waals surface area contributed by atoms with Crippen LogP contribution < -0.4 is 0 Å². The van der Waals surface area contributed by atoms with Gasteiger partial charge in [-0.25, -0.2) is 12.7 Å². The van der Waals surface area contributed by atoms with Gasteiger partial charge in [-0.2, -0.15) is 0 Å². The smallest absolute Gasteiger partial charge is 0.256 e. The molecule has 0 aliphatic carbocycles. The van der Waals surface area contributed by atoms with E-state index in [1.807, 2.05) is 19.9 Å². The second-order valence-electron chi connectivity index (χ2n) is 9.28. The van der Waals surface area contributed by atoms with Gasteiger partial charge < -0.3 is 9.80 Å². The summed E-state index contributed by atoms with van der Waals surface area (Å²) in [5.41, 5.74) is 1.74. The summed E-state index contributed by atoms with van der Waals surface area (Å²) in [4.78, 5) is 37.0. The Kier molecular flexibility index (Phi) is 7.52. The summed E-state index contributed by atoms with van der Waals surface area (Å²) >= 11 is 0. The largest absolute Gasteiger partial charge is 0.325 e. The van der Waals surface area contributed by atoms with Gasteiger partial charge in [0.25, 0.3) is 5.91 Å². The molecule has 11 heteroatoms. The zero-order chi connectivity index (χ0) is 23.2. The Bertz CT molecular complexity index is 1040. The number of halogens is 1. The molecule has 0 unspecified atom stereocenters. The minimum absolute atomic E-state index is 0. The van der Waals surface area contributed by atoms with Crippen LogP contribution in [0.4, 0.5) is 0 Å². The van der Waals surface area contributed by atoms with E-state index in [1.165, 1.54) is 0 Å². The Morgan fingerprint density at radius 1 is 1.18 bits per heavy atom. The monoisotopic (exact) mass is 497 g/mol. The van der Waals surface area contributed by atoms with Crippen LogP contribution in [0, 0.1) is 11.8 Å². The number of carbonyl (C=O) groups is 2. The first-order valence-corrected chi connectivity index (χ1v) is 12.8. The van der Waals surface area contributed by atoms with Crippen LogP contribution >= 0.6 is 12.4 Å². The fraction of sp³-hybridized carbons (Fsp3) is 0.591. The first kappa shape index (κ1) is 25.6. The molecule has 3 aliphatic heterocycles. The van der Waals surface area contributed by atoms with Gasteiger partial charge in [-0.3, -0.25) is 19.5 Å². The van der Waals surface area contributed by atoms with E-state index in [0.29, 0.717) is 11.3 Å². The summed E-state index contributed by atoms with van der Waals surface area (Å²) in [7, 11) is -1.64. The first-order valence-electron chi connectivity index (χ1n) is 11.0. The van der Waals surface area contributed by atoms with Crippen LogP contribution in [0.2, 0.25) is 0 Å². The van der Waals surface area contributed by atoms with Crippen molar-refractivity contribution in [1.82, 2.24) is 24.0 Å². The molecule has 0 aromatic carbocycles.